The van der Waals surface area contributed by atoms with Crippen molar-refractivity contribution in [3.05, 3.63) is 103 Å². The molecule has 1 heterocycles. The quantitative estimate of drug-likeness (QED) is 0.573. The van der Waals surface area contributed by atoms with Crippen LogP contribution in [0.4, 0.5) is 0 Å². The second-order valence-corrected chi connectivity index (χ2v) is 9.59. The van der Waals surface area contributed by atoms with Crippen LogP contribution in [0.1, 0.15) is 0 Å². The molecule has 1 aromatic heterocycles. The van der Waals surface area contributed by atoms with E-state index in [1.54, 1.807) is 0 Å². The summed E-state index contributed by atoms with van der Waals surface area (Å²) in [6, 6.07) is 34.6. The van der Waals surface area contributed by atoms with E-state index >= 15 is 0 Å². The van der Waals surface area contributed by atoms with Crippen LogP contribution in [0, 0.1) is 0 Å². The van der Waals surface area contributed by atoms with Gasteiger partial charge in [-0.15, -0.1) is 0 Å². The zero-order chi connectivity index (χ0) is 16.2. The van der Waals surface area contributed by atoms with Crippen LogP contribution in [0.25, 0.3) is 0 Å². The molecule has 0 atom stereocenters. The number of H-pyrrole nitrogens is 1. The van der Waals surface area contributed by atoms with E-state index in [1.807, 2.05) is 6.20 Å². The number of benzene rings is 3. The van der Waals surface area contributed by atoms with Crippen LogP contribution in [-0.2, 0) is 0 Å². The van der Waals surface area contributed by atoms with Gasteiger partial charge in [0.25, 0.3) is 0 Å². The molecule has 0 unspecified atom stereocenters. The van der Waals surface area contributed by atoms with Crippen LogP contribution in [0.15, 0.2) is 103 Å². The molecule has 0 bridgehead atoms. The molecule has 0 spiro atoms. The third-order valence-electron chi connectivity index (χ3n) is 4.53. The first kappa shape index (κ1) is 14.9. The third-order valence-corrected chi connectivity index (χ3v) is 9.21. The SMILES string of the molecule is c1ccc([PH](c2ccccc2)(c2ccccc2)c2ccn[nH]2)cc1. The molecule has 0 aliphatic rings. The Morgan fingerprint density at radius 2 is 0.958 bits per heavy atom. The van der Waals surface area contributed by atoms with Gasteiger partial charge >= 0.3 is 142 Å². The summed E-state index contributed by atoms with van der Waals surface area (Å²) in [5.41, 5.74) is 1.20. The Kier molecular flexibility index (Phi) is 3.98. The normalized spacial score (nSPS) is 12.0. The maximum absolute atomic E-state index is 4.27. The maximum atomic E-state index is 4.27. The molecule has 4 aromatic rings. The molecule has 0 saturated carbocycles. The minimum absolute atomic E-state index is 1.20. The molecule has 0 aliphatic heterocycles. The first-order valence-electron chi connectivity index (χ1n) is 8.09. The van der Waals surface area contributed by atoms with Gasteiger partial charge in [-0.2, -0.15) is 0 Å². The Labute approximate surface area is 142 Å². The fraction of sp³-hybridized carbons (Fsp3) is 0. The van der Waals surface area contributed by atoms with Gasteiger partial charge in [0.15, 0.2) is 0 Å². The summed E-state index contributed by atoms with van der Waals surface area (Å²) in [4.78, 5) is 0. The zero-order valence-electron chi connectivity index (χ0n) is 13.3. The molecule has 1 N–H and O–H groups in total. The van der Waals surface area contributed by atoms with Gasteiger partial charge in [-0.05, 0) is 0 Å². The molecule has 24 heavy (non-hydrogen) atoms. The number of aromatic nitrogens is 2. The molecule has 0 amide bonds. The predicted octanol–water partition coefficient (Wildman–Crippen LogP) is 2.76. The summed E-state index contributed by atoms with van der Waals surface area (Å²) in [5, 5.41) is 11.6. The number of hydrogen-bond donors (Lipinski definition) is 1. The molecule has 0 fully saturated rings. The fourth-order valence-electron chi connectivity index (χ4n) is 3.50. The summed E-state index contributed by atoms with van der Waals surface area (Å²) >= 11 is 0. The van der Waals surface area contributed by atoms with Crippen molar-refractivity contribution in [2.24, 2.45) is 0 Å². The van der Waals surface area contributed by atoms with Gasteiger partial charge in [-0.3, -0.25) is 0 Å². The average molecular weight is 330 g/mol. The molecular weight excluding hydrogens is 311 g/mol. The number of nitrogens with zero attached hydrogens (tertiary/aromatic N) is 1. The Morgan fingerprint density at radius 3 is 1.29 bits per heavy atom. The molecule has 3 heteroatoms. The molecule has 118 valence electrons. The predicted molar refractivity (Wildman–Crippen MR) is 105 cm³/mol. The summed E-state index contributed by atoms with van der Waals surface area (Å²) in [7, 11) is -2.37. The monoisotopic (exact) mass is 330 g/mol. The third kappa shape index (κ3) is 2.36. The van der Waals surface area contributed by atoms with Gasteiger partial charge in [-0.25, -0.2) is 0 Å². The first-order valence-corrected chi connectivity index (χ1v) is 10.1. The van der Waals surface area contributed by atoms with Crippen molar-refractivity contribution < 1.29 is 0 Å². The number of nitrogens with one attached hydrogen (secondary N) is 1. The van der Waals surface area contributed by atoms with E-state index in [0.717, 1.165) is 0 Å². The topological polar surface area (TPSA) is 28.7 Å². The van der Waals surface area contributed by atoms with Crippen molar-refractivity contribution in [1.82, 2.24) is 10.2 Å². The minimum atomic E-state index is -2.37. The van der Waals surface area contributed by atoms with Crippen molar-refractivity contribution in [1.29, 1.82) is 0 Å². The standard InChI is InChI=1S/C21H19N2P/c1-4-10-18(11-5-1)24(21-16-17-22-23-21,19-12-6-2-7-13-19)20-14-8-3-9-15-20/h1-17,24H,(H,22,23). The summed E-state index contributed by atoms with van der Waals surface area (Å²) in [6.07, 6.45) is 1.85. The molecule has 2 nitrogen and oxygen atoms in total. The van der Waals surface area contributed by atoms with Crippen molar-refractivity contribution in [2.75, 3.05) is 0 Å². The summed E-state index contributed by atoms with van der Waals surface area (Å²) < 4.78 is 0. The van der Waals surface area contributed by atoms with Crippen molar-refractivity contribution in [2.45, 2.75) is 0 Å². The van der Waals surface area contributed by atoms with Crippen molar-refractivity contribution in [3.8, 4) is 0 Å². The van der Waals surface area contributed by atoms with E-state index in [0.29, 0.717) is 0 Å². The second-order valence-electron chi connectivity index (χ2n) is 5.82. The van der Waals surface area contributed by atoms with Gasteiger partial charge in [0, 0.05) is 0 Å². The van der Waals surface area contributed by atoms with E-state index in [-0.39, 0.29) is 0 Å². The summed E-state index contributed by atoms with van der Waals surface area (Å²) in [6.45, 7) is 0. The number of rotatable bonds is 4. The van der Waals surface area contributed by atoms with Crippen molar-refractivity contribution in [3.63, 3.8) is 0 Å². The number of aromatic amines is 1. The van der Waals surface area contributed by atoms with Crippen LogP contribution in [-0.4, -0.2) is 10.2 Å². The van der Waals surface area contributed by atoms with Crippen LogP contribution >= 0.6 is 7.26 Å². The molecule has 4 rings (SSSR count). The molecule has 0 saturated heterocycles. The van der Waals surface area contributed by atoms with Gasteiger partial charge in [0.1, 0.15) is 0 Å². The Morgan fingerprint density at radius 1 is 0.542 bits per heavy atom. The Bertz CT molecular complexity index is 792. The van der Waals surface area contributed by atoms with Crippen molar-refractivity contribution >= 4 is 28.6 Å². The van der Waals surface area contributed by atoms with E-state index in [2.05, 4.69) is 107 Å². The van der Waals surface area contributed by atoms with Gasteiger partial charge in [-0.1, -0.05) is 0 Å². The van der Waals surface area contributed by atoms with Gasteiger partial charge in [0.05, 0.1) is 0 Å². The Hall–Kier alpha value is -2.70. The number of hydrogen-bond acceptors (Lipinski definition) is 1. The fourth-order valence-corrected chi connectivity index (χ4v) is 8.06. The first-order chi connectivity index (χ1) is 11.9. The molecule has 0 aliphatic carbocycles. The zero-order valence-corrected chi connectivity index (χ0v) is 14.3. The van der Waals surface area contributed by atoms with Crippen LogP contribution in [0.2, 0.25) is 0 Å². The van der Waals surface area contributed by atoms with Gasteiger partial charge < -0.3 is 0 Å². The molecule has 3 aromatic carbocycles. The summed E-state index contributed by atoms with van der Waals surface area (Å²) in [5.74, 6) is 0. The van der Waals surface area contributed by atoms with Crippen LogP contribution in [0.5, 0.6) is 0 Å². The Balaban J connectivity index is 2.12. The van der Waals surface area contributed by atoms with E-state index in [4.69, 9.17) is 0 Å². The average Bonchev–Trinajstić information content (AvgIpc) is 3.20. The van der Waals surface area contributed by atoms with E-state index in [9.17, 15) is 0 Å². The van der Waals surface area contributed by atoms with E-state index in [1.165, 1.54) is 21.3 Å². The van der Waals surface area contributed by atoms with E-state index < -0.39 is 7.26 Å². The molecular formula is C21H19N2P. The van der Waals surface area contributed by atoms with Crippen LogP contribution in [0.3, 0.4) is 0 Å². The molecule has 0 radical (unpaired) electrons. The van der Waals surface area contributed by atoms with Crippen LogP contribution < -0.4 is 21.3 Å². The van der Waals surface area contributed by atoms with Gasteiger partial charge in [0.2, 0.25) is 0 Å². The second kappa shape index (κ2) is 6.43.